The Bertz CT molecular complexity index is 743. The van der Waals surface area contributed by atoms with Crippen molar-refractivity contribution in [3.05, 3.63) is 59.7 Å². The summed E-state index contributed by atoms with van der Waals surface area (Å²) in [6.07, 6.45) is -0.523. The Morgan fingerprint density at radius 1 is 1.22 bits per heavy atom. The van der Waals surface area contributed by atoms with Gasteiger partial charge in [-0.1, -0.05) is 30.3 Å². The highest BCUT2D eigenvalue weighted by atomic mass is 16.5. The minimum Gasteiger partial charge on any atom is -0.479 e. The van der Waals surface area contributed by atoms with E-state index in [9.17, 15) is 9.59 Å². The molecule has 0 saturated heterocycles. The number of nitrogens with zero attached hydrogens (tertiary/aromatic N) is 1. The Labute approximate surface area is 134 Å². The number of carbonyl (C=O) groups excluding carboxylic acids is 2. The van der Waals surface area contributed by atoms with Crippen LogP contribution in [0.5, 0.6) is 5.75 Å². The molecule has 5 nitrogen and oxygen atoms in total. The van der Waals surface area contributed by atoms with Gasteiger partial charge < -0.3 is 15.0 Å². The number of rotatable bonds is 3. The Kier molecular flexibility index (Phi) is 4.02. The maximum Gasteiger partial charge on any atom is 0.265 e. The molecule has 1 atom stereocenters. The lowest BCUT2D eigenvalue weighted by molar-refractivity contribution is -0.122. The lowest BCUT2D eigenvalue weighted by Crippen LogP contribution is -2.34. The lowest BCUT2D eigenvalue weighted by Gasteiger charge is -2.24. The molecular weight excluding hydrogens is 292 g/mol. The first-order chi connectivity index (χ1) is 11.0. The fourth-order valence-electron chi connectivity index (χ4n) is 2.49. The second-order valence-electron chi connectivity index (χ2n) is 5.61. The third kappa shape index (κ3) is 3.18. The van der Waals surface area contributed by atoms with Crippen LogP contribution in [-0.4, -0.2) is 29.9 Å². The zero-order valence-electron chi connectivity index (χ0n) is 13.1. The van der Waals surface area contributed by atoms with E-state index < -0.39 is 6.10 Å². The molecule has 1 N–H and O–H groups in total. The van der Waals surface area contributed by atoms with Crippen LogP contribution in [0.2, 0.25) is 0 Å². The summed E-state index contributed by atoms with van der Waals surface area (Å²) in [5.41, 5.74) is 2.11. The highest BCUT2D eigenvalue weighted by molar-refractivity contribution is 6.00. The molecule has 2 aromatic rings. The van der Waals surface area contributed by atoms with Crippen molar-refractivity contribution in [1.29, 1.82) is 0 Å². The van der Waals surface area contributed by atoms with Gasteiger partial charge in [-0.05, 0) is 30.7 Å². The van der Waals surface area contributed by atoms with Crippen molar-refractivity contribution in [2.24, 2.45) is 0 Å². The van der Waals surface area contributed by atoms with Gasteiger partial charge in [-0.2, -0.15) is 0 Å². The Morgan fingerprint density at radius 3 is 2.70 bits per heavy atom. The van der Waals surface area contributed by atoms with E-state index in [2.05, 4.69) is 5.32 Å². The molecule has 2 amide bonds. The van der Waals surface area contributed by atoms with Crippen LogP contribution in [0.25, 0.3) is 0 Å². The quantitative estimate of drug-likeness (QED) is 0.948. The molecule has 0 aromatic heterocycles. The fourth-order valence-corrected chi connectivity index (χ4v) is 2.49. The van der Waals surface area contributed by atoms with Gasteiger partial charge in [0.25, 0.3) is 11.8 Å². The van der Waals surface area contributed by atoms with Crippen molar-refractivity contribution >= 4 is 17.5 Å². The van der Waals surface area contributed by atoms with Crippen LogP contribution in [0, 0.1) is 0 Å². The maximum atomic E-state index is 12.6. The predicted molar refractivity (Wildman–Crippen MR) is 87.4 cm³/mol. The van der Waals surface area contributed by atoms with Crippen LogP contribution < -0.4 is 10.1 Å². The van der Waals surface area contributed by atoms with E-state index in [0.717, 1.165) is 5.56 Å². The average molecular weight is 310 g/mol. The third-order valence-corrected chi connectivity index (χ3v) is 3.77. The van der Waals surface area contributed by atoms with Gasteiger partial charge in [0, 0.05) is 19.2 Å². The molecule has 118 valence electrons. The first kappa shape index (κ1) is 15.1. The van der Waals surface area contributed by atoms with Crippen LogP contribution >= 0.6 is 0 Å². The number of anilines is 1. The molecule has 0 fully saturated rings. The molecule has 1 aliphatic heterocycles. The molecule has 1 unspecified atom stereocenters. The van der Waals surface area contributed by atoms with Gasteiger partial charge in [-0.3, -0.25) is 9.59 Å². The normalized spacial score (nSPS) is 16.1. The lowest BCUT2D eigenvalue weighted by atomic mass is 10.1. The summed E-state index contributed by atoms with van der Waals surface area (Å²) in [5, 5.41) is 2.76. The van der Waals surface area contributed by atoms with E-state index in [-0.39, 0.29) is 11.8 Å². The number of amides is 2. The number of benzene rings is 2. The minimum atomic E-state index is -0.523. The summed E-state index contributed by atoms with van der Waals surface area (Å²) < 4.78 is 5.50. The van der Waals surface area contributed by atoms with E-state index in [1.165, 1.54) is 0 Å². The molecule has 1 aliphatic rings. The second-order valence-corrected chi connectivity index (χ2v) is 5.61. The van der Waals surface area contributed by atoms with Crippen molar-refractivity contribution in [3.63, 3.8) is 0 Å². The number of nitrogens with one attached hydrogen (secondary N) is 1. The highest BCUT2D eigenvalue weighted by Gasteiger charge is 2.24. The Balaban J connectivity index is 1.78. The van der Waals surface area contributed by atoms with Gasteiger partial charge in [0.2, 0.25) is 0 Å². The Morgan fingerprint density at radius 2 is 1.96 bits per heavy atom. The van der Waals surface area contributed by atoms with Gasteiger partial charge in [-0.15, -0.1) is 0 Å². The van der Waals surface area contributed by atoms with E-state index in [1.54, 1.807) is 37.1 Å². The van der Waals surface area contributed by atoms with E-state index in [0.29, 0.717) is 23.5 Å². The number of fused-ring (bicyclic) bond motifs is 1. The van der Waals surface area contributed by atoms with Crippen molar-refractivity contribution in [2.75, 3.05) is 12.4 Å². The summed E-state index contributed by atoms with van der Waals surface area (Å²) in [5.74, 6) is 0.267. The van der Waals surface area contributed by atoms with Gasteiger partial charge in [0.05, 0.1) is 5.69 Å². The van der Waals surface area contributed by atoms with Crippen LogP contribution in [0.4, 0.5) is 5.69 Å². The first-order valence-corrected chi connectivity index (χ1v) is 7.45. The number of ether oxygens (including phenoxy) is 1. The zero-order chi connectivity index (χ0) is 16.4. The summed E-state index contributed by atoms with van der Waals surface area (Å²) in [6.45, 7) is 2.21. The highest BCUT2D eigenvalue weighted by Crippen LogP contribution is 2.30. The molecule has 1 heterocycles. The third-order valence-electron chi connectivity index (χ3n) is 3.77. The summed E-state index contributed by atoms with van der Waals surface area (Å²) in [4.78, 5) is 25.9. The summed E-state index contributed by atoms with van der Waals surface area (Å²) >= 11 is 0. The van der Waals surface area contributed by atoms with Crippen molar-refractivity contribution in [2.45, 2.75) is 19.6 Å². The zero-order valence-corrected chi connectivity index (χ0v) is 13.1. The van der Waals surface area contributed by atoms with Gasteiger partial charge in [0.1, 0.15) is 5.75 Å². The molecule has 0 saturated carbocycles. The van der Waals surface area contributed by atoms with Crippen molar-refractivity contribution in [3.8, 4) is 5.75 Å². The number of hydrogen-bond acceptors (Lipinski definition) is 3. The second kappa shape index (κ2) is 6.12. The largest absolute Gasteiger partial charge is 0.479 e. The van der Waals surface area contributed by atoms with Crippen LogP contribution in [-0.2, 0) is 11.3 Å². The van der Waals surface area contributed by atoms with Crippen LogP contribution in [0.3, 0.4) is 0 Å². The first-order valence-electron chi connectivity index (χ1n) is 7.45. The standard InChI is InChI=1S/C18H18N2O3/c1-12-17(21)19-15-10-14(8-9-16(15)23-12)18(22)20(2)11-13-6-4-3-5-7-13/h3-10,12H,11H2,1-2H3,(H,19,21). The monoisotopic (exact) mass is 310 g/mol. The van der Waals surface area contributed by atoms with Crippen molar-refractivity contribution in [1.82, 2.24) is 4.90 Å². The Hall–Kier alpha value is -2.82. The SMILES string of the molecule is CC1Oc2ccc(C(=O)N(C)Cc3ccccc3)cc2NC1=O. The number of hydrogen-bond donors (Lipinski definition) is 1. The summed E-state index contributed by atoms with van der Waals surface area (Å²) in [7, 11) is 1.76. The molecule has 0 radical (unpaired) electrons. The smallest absolute Gasteiger partial charge is 0.265 e. The minimum absolute atomic E-state index is 0.107. The molecule has 2 aromatic carbocycles. The molecule has 3 rings (SSSR count). The number of carbonyl (C=O) groups is 2. The van der Waals surface area contributed by atoms with Crippen LogP contribution in [0.1, 0.15) is 22.8 Å². The molecule has 0 aliphatic carbocycles. The van der Waals surface area contributed by atoms with E-state index >= 15 is 0 Å². The molecule has 23 heavy (non-hydrogen) atoms. The van der Waals surface area contributed by atoms with Crippen LogP contribution in [0.15, 0.2) is 48.5 Å². The van der Waals surface area contributed by atoms with E-state index in [4.69, 9.17) is 4.74 Å². The predicted octanol–water partition coefficient (Wildman–Crippen LogP) is 2.68. The van der Waals surface area contributed by atoms with Gasteiger partial charge >= 0.3 is 0 Å². The molecule has 0 spiro atoms. The topological polar surface area (TPSA) is 58.6 Å². The van der Waals surface area contributed by atoms with E-state index in [1.807, 2.05) is 30.3 Å². The average Bonchev–Trinajstić information content (AvgIpc) is 2.55. The molecule has 0 bridgehead atoms. The summed E-state index contributed by atoms with van der Waals surface area (Å²) in [6, 6.07) is 14.9. The van der Waals surface area contributed by atoms with Gasteiger partial charge in [-0.25, -0.2) is 0 Å². The van der Waals surface area contributed by atoms with Gasteiger partial charge in [0.15, 0.2) is 6.10 Å². The molecular formula is C18H18N2O3. The molecule has 5 heteroatoms. The fraction of sp³-hybridized carbons (Fsp3) is 0.222. The maximum absolute atomic E-state index is 12.6. The van der Waals surface area contributed by atoms with Crippen molar-refractivity contribution < 1.29 is 14.3 Å².